The Labute approximate surface area is 172 Å². The summed E-state index contributed by atoms with van der Waals surface area (Å²) in [4.78, 5) is 5.74. The highest BCUT2D eigenvalue weighted by molar-refractivity contribution is 7.19. The first kappa shape index (κ1) is 19.1. The quantitative estimate of drug-likeness (QED) is 0.463. The van der Waals surface area contributed by atoms with Gasteiger partial charge in [0, 0.05) is 32.8 Å². The lowest BCUT2D eigenvalue weighted by atomic mass is 9.96. The van der Waals surface area contributed by atoms with Gasteiger partial charge >= 0.3 is 0 Å². The molecule has 1 unspecified atom stereocenters. The van der Waals surface area contributed by atoms with E-state index in [1.165, 1.54) is 4.88 Å². The van der Waals surface area contributed by atoms with Crippen molar-refractivity contribution < 1.29 is 10.2 Å². The van der Waals surface area contributed by atoms with Gasteiger partial charge in [0.2, 0.25) is 0 Å². The lowest BCUT2D eigenvalue weighted by Crippen LogP contribution is -2.25. The Bertz CT molecular complexity index is 1140. The van der Waals surface area contributed by atoms with E-state index >= 15 is 0 Å². The molecule has 2 heterocycles. The van der Waals surface area contributed by atoms with Crippen molar-refractivity contribution >= 4 is 33.0 Å². The van der Waals surface area contributed by atoms with Crippen LogP contribution < -0.4 is 0 Å². The normalized spacial score (nSPS) is 13.6. The van der Waals surface area contributed by atoms with Gasteiger partial charge in [-0.15, -0.1) is 11.3 Å². The van der Waals surface area contributed by atoms with Gasteiger partial charge < -0.3 is 10.2 Å². The van der Waals surface area contributed by atoms with Gasteiger partial charge in [-0.25, -0.2) is 0 Å². The van der Waals surface area contributed by atoms with Crippen LogP contribution in [0, 0.1) is 0 Å². The summed E-state index contributed by atoms with van der Waals surface area (Å²) in [6, 6.07) is 19.8. The third-order valence-corrected chi connectivity index (χ3v) is 6.44. The van der Waals surface area contributed by atoms with Crippen LogP contribution in [0.2, 0.25) is 5.02 Å². The van der Waals surface area contributed by atoms with Crippen molar-refractivity contribution in [2.24, 2.45) is 0 Å². The summed E-state index contributed by atoms with van der Waals surface area (Å²) < 4.78 is 1.15. The zero-order valence-electron chi connectivity index (χ0n) is 15.4. The minimum Gasteiger partial charge on any atom is -0.393 e. The Balaban J connectivity index is 1.76. The van der Waals surface area contributed by atoms with Gasteiger partial charge in [-0.2, -0.15) is 0 Å². The molecule has 5 heteroatoms. The molecule has 0 spiro atoms. The van der Waals surface area contributed by atoms with E-state index in [-0.39, 0.29) is 6.61 Å². The number of aromatic nitrogens is 1. The van der Waals surface area contributed by atoms with Gasteiger partial charge in [-0.3, -0.25) is 4.98 Å². The second-order valence-corrected chi connectivity index (χ2v) is 8.61. The standard InChI is InChI=1S/C23H20ClNO2S/c1-23(27,14-26)17-9-10-25-21(13-17)19-7-4-6-16-12-18(28-22(16)19)11-15-5-2-3-8-20(15)24/h2-10,12-13,26-27H,11,14H2,1H3. The lowest BCUT2D eigenvalue weighted by Gasteiger charge is -2.21. The summed E-state index contributed by atoms with van der Waals surface area (Å²) in [5.74, 6) is 0. The lowest BCUT2D eigenvalue weighted by molar-refractivity contribution is -0.00230. The van der Waals surface area contributed by atoms with Gasteiger partial charge in [0.25, 0.3) is 0 Å². The van der Waals surface area contributed by atoms with Gasteiger partial charge in [0.1, 0.15) is 5.60 Å². The summed E-state index contributed by atoms with van der Waals surface area (Å²) in [5, 5.41) is 21.8. The average Bonchev–Trinajstić information content (AvgIpc) is 3.12. The van der Waals surface area contributed by atoms with E-state index in [1.54, 1.807) is 30.5 Å². The molecule has 0 amide bonds. The number of thiophene rings is 1. The van der Waals surface area contributed by atoms with Crippen molar-refractivity contribution in [2.75, 3.05) is 6.61 Å². The molecule has 3 nitrogen and oxygen atoms in total. The van der Waals surface area contributed by atoms with Crippen LogP contribution in [0.4, 0.5) is 0 Å². The fourth-order valence-corrected chi connectivity index (χ4v) is 4.64. The molecule has 1 atom stereocenters. The Morgan fingerprint density at radius 3 is 2.68 bits per heavy atom. The number of hydrogen-bond donors (Lipinski definition) is 2. The van der Waals surface area contributed by atoms with E-state index in [9.17, 15) is 10.2 Å². The molecule has 0 aliphatic heterocycles. The molecule has 0 bridgehead atoms. The van der Waals surface area contributed by atoms with E-state index < -0.39 is 5.60 Å². The molecule has 28 heavy (non-hydrogen) atoms. The molecule has 2 N–H and O–H groups in total. The summed E-state index contributed by atoms with van der Waals surface area (Å²) in [6.45, 7) is 1.25. The van der Waals surface area contributed by atoms with Crippen molar-refractivity contribution in [3.05, 3.63) is 87.9 Å². The summed E-state index contributed by atoms with van der Waals surface area (Å²) >= 11 is 8.06. The van der Waals surface area contributed by atoms with Gasteiger partial charge in [0.05, 0.1) is 12.3 Å². The first-order chi connectivity index (χ1) is 13.5. The largest absolute Gasteiger partial charge is 0.393 e. The summed E-state index contributed by atoms with van der Waals surface area (Å²) in [6.07, 6.45) is 2.46. The molecular weight excluding hydrogens is 390 g/mol. The summed E-state index contributed by atoms with van der Waals surface area (Å²) in [7, 11) is 0. The van der Waals surface area contributed by atoms with Crippen molar-refractivity contribution in [3.8, 4) is 11.3 Å². The molecule has 0 saturated carbocycles. The number of benzene rings is 2. The monoisotopic (exact) mass is 409 g/mol. The third-order valence-electron chi connectivity index (χ3n) is 4.88. The molecule has 2 aromatic carbocycles. The minimum atomic E-state index is -1.30. The second kappa shape index (κ2) is 7.64. The smallest absolute Gasteiger partial charge is 0.110 e. The zero-order chi connectivity index (χ0) is 19.7. The molecule has 142 valence electrons. The van der Waals surface area contributed by atoms with E-state index in [0.717, 1.165) is 38.4 Å². The van der Waals surface area contributed by atoms with Crippen LogP contribution >= 0.6 is 22.9 Å². The van der Waals surface area contributed by atoms with Crippen LogP contribution in [0.5, 0.6) is 0 Å². The third kappa shape index (κ3) is 3.69. The molecule has 0 fully saturated rings. The number of aliphatic hydroxyl groups is 2. The molecule has 4 rings (SSSR count). The van der Waals surface area contributed by atoms with Gasteiger partial charge in [-0.05, 0) is 47.7 Å². The number of fused-ring (bicyclic) bond motifs is 1. The number of rotatable bonds is 5. The van der Waals surface area contributed by atoms with Gasteiger partial charge in [0.15, 0.2) is 0 Å². The zero-order valence-corrected chi connectivity index (χ0v) is 17.0. The highest BCUT2D eigenvalue weighted by atomic mass is 35.5. The first-order valence-corrected chi connectivity index (χ1v) is 10.2. The van der Waals surface area contributed by atoms with Crippen molar-refractivity contribution in [1.82, 2.24) is 4.98 Å². The van der Waals surface area contributed by atoms with Gasteiger partial charge in [-0.1, -0.05) is 48.0 Å². The topological polar surface area (TPSA) is 53.4 Å². The highest BCUT2D eigenvalue weighted by Gasteiger charge is 2.23. The molecule has 0 radical (unpaired) electrons. The molecule has 0 aliphatic carbocycles. The number of nitrogens with zero attached hydrogens (tertiary/aromatic N) is 1. The van der Waals surface area contributed by atoms with E-state index in [0.29, 0.717) is 5.56 Å². The van der Waals surface area contributed by atoms with Crippen molar-refractivity contribution in [2.45, 2.75) is 18.9 Å². The second-order valence-electron chi connectivity index (χ2n) is 7.07. The summed E-state index contributed by atoms with van der Waals surface area (Å²) in [5.41, 5.74) is 2.25. The van der Waals surface area contributed by atoms with Crippen LogP contribution in [-0.4, -0.2) is 21.8 Å². The Morgan fingerprint density at radius 1 is 1.07 bits per heavy atom. The van der Waals surface area contributed by atoms with E-state index in [2.05, 4.69) is 23.2 Å². The number of hydrogen-bond acceptors (Lipinski definition) is 4. The van der Waals surface area contributed by atoms with Crippen LogP contribution in [0.1, 0.15) is 22.9 Å². The number of aliphatic hydroxyl groups excluding tert-OH is 1. The molecule has 2 aromatic heterocycles. The maximum atomic E-state index is 10.4. The predicted molar refractivity (Wildman–Crippen MR) is 116 cm³/mol. The van der Waals surface area contributed by atoms with E-state index in [1.807, 2.05) is 36.4 Å². The highest BCUT2D eigenvalue weighted by Crippen LogP contribution is 2.36. The Hall–Kier alpha value is -2.24. The molecular formula is C23H20ClNO2S. The van der Waals surface area contributed by atoms with Crippen molar-refractivity contribution in [1.29, 1.82) is 0 Å². The fourth-order valence-electron chi connectivity index (χ4n) is 3.24. The first-order valence-electron chi connectivity index (χ1n) is 9.03. The Kier molecular flexibility index (Phi) is 5.21. The molecule has 4 aromatic rings. The molecule has 0 saturated heterocycles. The van der Waals surface area contributed by atoms with Crippen LogP contribution in [-0.2, 0) is 12.0 Å². The fraction of sp³-hybridized carbons (Fsp3) is 0.174. The van der Waals surface area contributed by atoms with Crippen LogP contribution in [0.25, 0.3) is 21.3 Å². The van der Waals surface area contributed by atoms with Crippen LogP contribution in [0.3, 0.4) is 0 Å². The Morgan fingerprint density at radius 2 is 1.89 bits per heavy atom. The minimum absolute atomic E-state index is 0.346. The average molecular weight is 410 g/mol. The SMILES string of the molecule is CC(O)(CO)c1ccnc(-c2cccc3cc(Cc4ccccc4Cl)sc23)c1. The molecule has 0 aliphatic rings. The van der Waals surface area contributed by atoms with Crippen LogP contribution in [0.15, 0.2) is 66.9 Å². The predicted octanol–water partition coefficient (Wildman–Crippen LogP) is 5.41. The van der Waals surface area contributed by atoms with Crippen molar-refractivity contribution in [3.63, 3.8) is 0 Å². The van der Waals surface area contributed by atoms with E-state index in [4.69, 9.17) is 11.6 Å². The maximum absolute atomic E-state index is 10.4. The maximum Gasteiger partial charge on any atom is 0.110 e. The number of halogens is 1. The number of pyridine rings is 1.